The average molecular weight is 290 g/mol. The number of likely N-dealkylation sites (N-methyl/N-ethyl adjacent to an activating group) is 2. The zero-order valence-electron chi connectivity index (χ0n) is 11.7. The third-order valence-corrected chi connectivity index (χ3v) is 4.08. The Morgan fingerprint density at radius 1 is 1.17 bits per heavy atom. The number of alkyl halides is 1. The Bertz CT molecular complexity index is 328. The second-order valence-electron chi connectivity index (χ2n) is 4.93. The van der Waals surface area contributed by atoms with Gasteiger partial charge in [-0.2, -0.15) is 0 Å². The van der Waals surface area contributed by atoms with Gasteiger partial charge in [0.2, 0.25) is 0 Å². The quantitative estimate of drug-likeness (QED) is 0.515. The molecule has 0 aromatic carbocycles. The van der Waals surface area contributed by atoms with E-state index in [4.69, 9.17) is 11.6 Å². The van der Waals surface area contributed by atoms with Gasteiger partial charge in [-0.05, 0) is 47.0 Å². The number of nitrogens with zero attached hydrogens (tertiary/aromatic N) is 3. The SMILES string of the molecule is CN(C)CCN(C)CCCCc1nc(CCl)cs1. The van der Waals surface area contributed by atoms with Gasteiger partial charge in [-0.15, -0.1) is 22.9 Å². The van der Waals surface area contributed by atoms with Crippen molar-refractivity contribution < 1.29 is 0 Å². The number of unbranched alkanes of at least 4 members (excludes halogenated alkanes) is 1. The topological polar surface area (TPSA) is 19.4 Å². The van der Waals surface area contributed by atoms with Crippen LogP contribution in [0.15, 0.2) is 5.38 Å². The molecule has 104 valence electrons. The van der Waals surface area contributed by atoms with E-state index >= 15 is 0 Å². The molecule has 1 aromatic heterocycles. The molecular formula is C13H24ClN3S. The summed E-state index contributed by atoms with van der Waals surface area (Å²) >= 11 is 7.47. The second-order valence-corrected chi connectivity index (χ2v) is 6.14. The van der Waals surface area contributed by atoms with Gasteiger partial charge in [-0.1, -0.05) is 0 Å². The molecule has 18 heavy (non-hydrogen) atoms. The van der Waals surface area contributed by atoms with Crippen LogP contribution >= 0.6 is 22.9 Å². The van der Waals surface area contributed by atoms with E-state index in [9.17, 15) is 0 Å². The smallest absolute Gasteiger partial charge is 0.0928 e. The van der Waals surface area contributed by atoms with Crippen LogP contribution in [0, 0.1) is 0 Å². The molecule has 0 saturated heterocycles. The van der Waals surface area contributed by atoms with Crippen molar-refractivity contribution >= 4 is 22.9 Å². The predicted octanol–water partition coefficient (Wildman–Crippen LogP) is 2.70. The number of aryl methyl sites for hydroxylation is 1. The van der Waals surface area contributed by atoms with Gasteiger partial charge in [-0.3, -0.25) is 0 Å². The molecule has 1 aromatic rings. The first kappa shape index (κ1) is 15.9. The van der Waals surface area contributed by atoms with Gasteiger partial charge in [0.15, 0.2) is 0 Å². The van der Waals surface area contributed by atoms with Crippen LogP contribution in [0.25, 0.3) is 0 Å². The van der Waals surface area contributed by atoms with Crippen molar-refractivity contribution in [3.8, 4) is 0 Å². The lowest BCUT2D eigenvalue weighted by Crippen LogP contribution is -2.29. The van der Waals surface area contributed by atoms with E-state index in [1.54, 1.807) is 11.3 Å². The van der Waals surface area contributed by atoms with Gasteiger partial charge >= 0.3 is 0 Å². The summed E-state index contributed by atoms with van der Waals surface area (Å²) in [6.45, 7) is 3.43. The summed E-state index contributed by atoms with van der Waals surface area (Å²) in [5.74, 6) is 0.532. The Kier molecular flexibility index (Phi) is 7.82. The van der Waals surface area contributed by atoms with Gasteiger partial charge in [0.1, 0.15) is 0 Å². The number of thiazole rings is 1. The van der Waals surface area contributed by atoms with Crippen molar-refractivity contribution in [2.45, 2.75) is 25.1 Å². The summed E-state index contributed by atoms with van der Waals surface area (Å²) in [4.78, 5) is 9.09. The molecule has 0 unspecified atom stereocenters. The van der Waals surface area contributed by atoms with Gasteiger partial charge in [0.05, 0.1) is 16.6 Å². The molecule has 0 aliphatic rings. The van der Waals surface area contributed by atoms with Crippen molar-refractivity contribution in [3.05, 3.63) is 16.1 Å². The lowest BCUT2D eigenvalue weighted by Gasteiger charge is -2.18. The highest BCUT2D eigenvalue weighted by Gasteiger charge is 2.02. The number of halogens is 1. The van der Waals surface area contributed by atoms with E-state index in [-0.39, 0.29) is 0 Å². The summed E-state index contributed by atoms with van der Waals surface area (Å²) < 4.78 is 0. The zero-order chi connectivity index (χ0) is 13.4. The van der Waals surface area contributed by atoms with Crippen molar-refractivity contribution in [3.63, 3.8) is 0 Å². The van der Waals surface area contributed by atoms with Gasteiger partial charge in [0.25, 0.3) is 0 Å². The third kappa shape index (κ3) is 6.69. The van der Waals surface area contributed by atoms with Crippen molar-refractivity contribution in [2.24, 2.45) is 0 Å². The average Bonchev–Trinajstić information content (AvgIpc) is 2.80. The number of hydrogen-bond acceptors (Lipinski definition) is 4. The molecule has 0 atom stereocenters. The Morgan fingerprint density at radius 3 is 2.56 bits per heavy atom. The summed E-state index contributed by atoms with van der Waals surface area (Å²) in [5, 5.41) is 3.28. The van der Waals surface area contributed by atoms with Crippen molar-refractivity contribution in [2.75, 3.05) is 40.8 Å². The summed E-state index contributed by atoms with van der Waals surface area (Å²) in [7, 11) is 6.42. The van der Waals surface area contributed by atoms with Crippen LogP contribution in [0.5, 0.6) is 0 Å². The summed E-state index contributed by atoms with van der Waals surface area (Å²) in [5.41, 5.74) is 1.01. The molecule has 1 rings (SSSR count). The standard InChI is InChI=1S/C13H24ClN3S/c1-16(2)8-9-17(3)7-5-4-6-13-15-12(10-14)11-18-13/h11H,4-10H2,1-3H3. The second kappa shape index (κ2) is 8.86. The van der Waals surface area contributed by atoms with E-state index in [1.807, 2.05) is 0 Å². The van der Waals surface area contributed by atoms with E-state index < -0.39 is 0 Å². The Balaban J connectivity index is 2.07. The molecule has 0 radical (unpaired) electrons. The lowest BCUT2D eigenvalue weighted by atomic mass is 10.2. The molecule has 0 spiro atoms. The molecule has 5 heteroatoms. The first-order valence-electron chi connectivity index (χ1n) is 6.44. The fourth-order valence-corrected chi connectivity index (χ4v) is 2.73. The van der Waals surface area contributed by atoms with Gasteiger partial charge in [0, 0.05) is 18.5 Å². The maximum atomic E-state index is 5.74. The van der Waals surface area contributed by atoms with Crippen LogP contribution in [0.4, 0.5) is 0 Å². The predicted molar refractivity (Wildman–Crippen MR) is 80.7 cm³/mol. The van der Waals surface area contributed by atoms with Crippen molar-refractivity contribution in [1.82, 2.24) is 14.8 Å². The minimum absolute atomic E-state index is 0.532. The molecule has 0 fully saturated rings. The third-order valence-electron chi connectivity index (χ3n) is 2.85. The molecule has 0 aliphatic carbocycles. The molecule has 0 amide bonds. The Morgan fingerprint density at radius 2 is 1.94 bits per heavy atom. The Hall–Kier alpha value is -0.160. The highest BCUT2D eigenvalue weighted by atomic mass is 35.5. The maximum Gasteiger partial charge on any atom is 0.0928 e. The maximum absolute atomic E-state index is 5.74. The highest BCUT2D eigenvalue weighted by molar-refractivity contribution is 7.09. The number of hydrogen-bond donors (Lipinski definition) is 0. The minimum atomic E-state index is 0.532. The minimum Gasteiger partial charge on any atom is -0.308 e. The monoisotopic (exact) mass is 289 g/mol. The highest BCUT2D eigenvalue weighted by Crippen LogP contribution is 2.14. The van der Waals surface area contributed by atoms with Crippen LogP contribution in [-0.2, 0) is 12.3 Å². The van der Waals surface area contributed by atoms with E-state index in [0.29, 0.717) is 5.88 Å². The largest absolute Gasteiger partial charge is 0.308 e. The van der Waals surface area contributed by atoms with Gasteiger partial charge in [-0.25, -0.2) is 4.98 Å². The van der Waals surface area contributed by atoms with Crippen LogP contribution in [0.1, 0.15) is 23.5 Å². The van der Waals surface area contributed by atoms with Gasteiger partial charge < -0.3 is 9.80 Å². The van der Waals surface area contributed by atoms with E-state index in [1.165, 1.54) is 24.4 Å². The molecule has 0 N–H and O–H groups in total. The van der Waals surface area contributed by atoms with Crippen molar-refractivity contribution in [1.29, 1.82) is 0 Å². The fourth-order valence-electron chi connectivity index (χ4n) is 1.67. The lowest BCUT2D eigenvalue weighted by molar-refractivity contribution is 0.278. The summed E-state index contributed by atoms with van der Waals surface area (Å²) in [6.07, 6.45) is 3.53. The van der Waals surface area contributed by atoms with Crippen LogP contribution in [-0.4, -0.2) is 55.6 Å². The zero-order valence-corrected chi connectivity index (χ0v) is 13.2. The molecule has 0 saturated carbocycles. The van der Waals surface area contributed by atoms with Crippen LogP contribution in [0.3, 0.4) is 0 Å². The number of aromatic nitrogens is 1. The Labute approximate surface area is 120 Å². The summed E-state index contributed by atoms with van der Waals surface area (Å²) in [6, 6.07) is 0. The molecule has 0 bridgehead atoms. The molecule has 3 nitrogen and oxygen atoms in total. The molecule has 1 heterocycles. The van der Waals surface area contributed by atoms with Crippen LogP contribution in [0.2, 0.25) is 0 Å². The first-order chi connectivity index (χ1) is 8.61. The molecule has 0 aliphatic heterocycles. The number of rotatable bonds is 9. The van der Waals surface area contributed by atoms with E-state index in [2.05, 4.69) is 41.3 Å². The molecular weight excluding hydrogens is 266 g/mol. The fraction of sp³-hybridized carbons (Fsp3) is 0.769. The normalized spacial score (nSPS) is 11.7. The first-order valence-corrected chi connectivity index (χ1v) is 7.85. The van der Waals surface area contributed by atoms with Crippen LogP contribution < -0.4 is 0 Å². The van der Waals surface area contributed by atoms with E-state index in [0.717, 1.165) is 25.2 Å².